The minimum atomic E-state index is 0.611. The molecule has 2 unspecified atom stereocenters. The number of fused-ring (bicyclic) bond motifs is 1. The summed E-state index contributed by atoms with van der Waals surface area (Å²) in [6, 6.07) is 9.54. The quantitative estimate of drug-likeness (QED) is 0.821. The van der Waals surface area contributed by atoms with Crippen molar-refractivity contribution in [2.24, 2.45) is 5.92 Å². The summed E-state index contributed by atoms with van der Waals surface area (Å²) in [5.74, 6) is 2.87. The van der Waals surface area contributed by atoms with Gasteiger partial charge in [0.05, 0.1) is 0 Å². The Morgan fingerprint density at radius 1 is 1.28 bits per heavy atom. The molecular formula is C16H25NS. The van der Waals surface area contributed by atoms with Crippen LogP contribution in [-0.4, -0.2) is 18.3 Å². The lowest BCUT2D eigenvalue weighted by atomic mass is 9.89. The van der Waals surface area contributed by atoms with Crippen LogP contribution in [0.4, 0.5) is 0 Å². The monoisotopic (exact) mass is 263 g/mol. The summed E-state index contributed by atoms with van der Waals surface area (Å²) >= 11 is 2.03. The van der Waals surface area contributed by atoms with Crippen LogP contribution in [0.3, 0.4) is 0 Å². The largest absolute Gasteiger partial charge is 0.315 e. The molecule has 1 heterocycles. The fourth-order valence-corrected chi connectivity index (χ4v) is 3.92. The van der Waals surface area contributed by atoms with Gasteiger partial charge >= 0.3 is 0 Å². The maximum atomic E-state index is 3.52. The fourth-order valence-electron chi connectivity index (χ4n) is 2.65. The normalized spacial score (nSPS) is 20.1. The molecule has 2 heteroatoms. The van der Waals surface area contributed by atoms with Gasteiger partial charge in [0.2, 0.25) is 0 Å². The van der Waals surface area contributed by atoms with E-state index < -0.39 is 0 Å². The van der Waals surface area contributed by atoms with Crippen molar-refractivity contribution in [3.05, 3.63) is 29.8 Å². The maximum Gasteiger partial charge on any atom is 0.0107 e. The van der Waals surface area contributed by atoms with Gasteiger partial charge in [0.15, 0.2) is 0 Å². The Labute approximate surface area is 116 Å². The summed E-state index contributed by atoms with van der Waals surface area (Å²) in [6.45, 7) is 7.98. The number of hydrogen-bond donors (Lipinski definition) is 1. The molecule has 0 bridgehead atoms. The predicted molar refractivity (Wildman–Crippen MR) is 81.4 cm³/mol. The lowest BCUT2D eigenvalue weighted by Gasteiger charge is -2.18. The molecule has 0 saturated heterocycles. The highest BCUT2D eigenvalue weighted by molar-refractivity contribution is 7.99. The maximum absolute atomic E-state index is 3.52. The van der Waals surface area contributed by atoms with Crippen LogP contribution < -0.4 is 5.32 Å². The van der Waals surface area contributed by atoms with Gasteiger partial charge in [-0.05, 0) is 42.9 Å². The molecule has 0 saturated carbocycles. The van der Waals surface area contributed by atoms with E-state index in [1.165, 1.54) is 23.5 Å². The zero-order chi connectivity index (χ0) is 13.0. The zero-order valence-corrected chi connectivity index (χ0v) is 12.6. The van der Waals surface area contributed by atoms with Crippen LogP contribution in [0.15, 0.2) is 29.2 Å². The average molecular weight is 263 g/mol. The van der Waals surface area contributed by atoms with E-state index in [0.29, 0.717) is 6.04 Å². The second-order valence-electron chi connectivity index (χ2n) is 5.78. The first-order valence-corrected chi connectivity index (χ1v) is 8.10. The predicted octanol–water partition coefficient (Wildman–Crippen LogP) is 4.29. The molecule has 1 aromatic carbocycles. The molecule has 0 radical (unpaired) electrons. The van der Waals surface area contributed by atoms with Crippen molar-refractivity contribution in [3.63, 3.8) is 0 Å². The Bertz CT molecular complexity index is 375. The van der Waals surface area contributed by atoms with E-state index >= 15 is 0 Å². The molecule has 1 aromatic rings. The summed E-state index contributed by atoms with van der Waals surface area (Å²) in [4.78, 5) is 1.51. The second kappa shape index (κ2) is 6.63. The molecule has 0 spiro atoms. The Hall–Kier alpha value is -0.470. The molecule has 100 valence electrons. The van der Waals surface area contributed by atoms with Gasteiger partial charge in [-0.15, -0.1) is 11.8 Å². The van der Waals surface area contributed by atoms with Crippen LogP contribution >= 0.6 is 11.8 Å². The highest BCUT2D eigenvalue weighted by atomic mass is 32.2. The minimum Gasteiger partial charge on any atom is -0.315 e. The van der Waals surface area contributed by atoms with Crippen LogP contribution in [0.1, 0.15) is 45.1 Å². The van der Waals surface area contributed by atoms with E-state index in [-0.39, 0.29) is 0 Å². The van der Waals surface area contributed by atoms with Gasteiger partial charge in [-0.2, -0.15) is 0 Å². The second-order valence-corrected chi connectivity index (χ2v) is 6.85. The summed E-state index contributed by atoms with van der Waals surface area (Å²) in [5, 5.41) is 3.52. The van der Waals surface area contributed by atoms with E-state index in [4.69, 9.17) is 0 Å². The third-order valence-electron chi connectivity index (χ3n) is 3.68. The molecule has 0 aliphatic carbocycles. The van der Waals surface area contributed by atoms with Gasteiger partial charge in [-0.3, -0.25) is 0 Å². The van der Waals surface area contributed by atoms with Crippen LogP contribution in [0.5, 0.6) is 0 Å². The van der Waals surface area contributed by atoms with Crippen LogP contribution in [0, 0.1) is 5.92 Å². The number of thioether (sulfide) groups is 1. The van der Waals surface area contributed by atoms with Crippen molar-refractivity contribution in [2.45, 2.75) is 50.5 Å². The van der Waals surface area contributed by atoms with Crippen molar-refractivity contribution >= 4 is 11.8 Å². The molecule has 18 heavy (non-hydrogen) atoms. The molecule has 2 rings (SSSR count). The molecule has 1 aliphatic heterocycles. The standard InChI is InChI=1S/C16H25NS/c1-12(2)17-9-8-13(3)10-14-11-18-16-7-5-4-6-15(14)16/h4-7,12-14,17H,8-11H2,1-3H3. The topological polar surface area (TPSA) is 12.0 Å². The van der Waals surface area contributed by atoms with Gasteiger partial charge < -0.3 is 5.32 Å². The molecular weight excluding hydrogens is 238 g/mol. The number of hydrogen-bond acceptors (Lipinski definition) is 2. The van der Waals surface area contributed by atoms with E-state index in [0.717, 1.165) is 18.4 Å². The molecule has 1 nitrogen and oxygen atoms in total. The van der Waals surface area contributed by atoms with E-state index in [9.17, 15) is 0 Å². The van der Waals surface area contributed by atoms with Crippen molar-refractivity contribution in [1.82, 2.24) is 5.32 Å². The Morgan fingerprint density at radius 2 is 2.06 bits per heavy atom. The fraction of sp³-hybridized carbons (Fsp3) is 0.625. The van der Waals surface area contributed by atoms with Crippen LogP contribution in [0.2, 0.25) is 0 Å². The summed E-state index contributed by atoms with van der Waals surface area (Å²) in [6.07, 6.45) is 2.63. The number of benzene rings is 1. The summed E-state index contributed by atoms with van der Waals surface area (Å²) < 4.78 is 0. The van der Waals surface area contributed by atoms with Gasteiger partial charge in [-0.25, -0.2) is 0 Å². The average Bonchev–Trinajstić information content (AvgIpc) is 2.72. The number of rotatable bonds is 6. The molecule has 0 amide bonds. The third kappa shape index (κ3) is 3.76. The van der Waals surface area contributed by atoms with Crippen molar-refractivity contribution in [3.8, 4) is 0 Å². The molecule has 2 atom stereocenters. The Morgan fingerprint density at radius 3 is 2.83 bits per heavy atom. The lowest BCUT2D eigenvalue weighted by Crippen LogP contribution is -2.25. The van der Waals surface area contributed by atoms with Crippen LogP contribution in [0.25, 0.3) is 0 Å². The van der Waals surface area contributed by atoms with E-state index in [1.54, 1.807) is 5.56 Å². The van der Waals surface area contributed by atoms with E-state index in [2.05, 4.69) is 50.4 Å². The molecule has 0 aromatic heterocycles. The summed E-state index contributed by atoms with van der Waals surface area (Å²) in [7, 11) is 0. The molecule has 1 N–H and O–H groups in total. The Balaban J connectivity index is 1.80. The van der Waals surface area contributed by atoms with Gasteiger partial charge in [0, 0.05) is 16.7 Å². The first-order valence-electron chi connectivity index (χ1n) is 7.12. The third-order valence-corrected chi connectivity index (χ3v) is 4.93. The first-order chi connectivity index (χ1) is 8.66. The first kappa shape index (κ1) is 14.0. The molecule has 1 aliphatic rings. The summed E-state index contributed by atoms with van der Waals surface area (Å²) in [5.41, 5.74) is 1.59. The molecule has 0 fully saturated rings. The van der Waals surface area contributed by atoms with E-state index in [1.807, 2.05) is 11.8 Å². The zero-order valence-electron chi connectivity index (χ0n) is 11.8. The van der Waals surface area contributed by atoms with Crippen molar-refractivity contribution in [1.29, 1.82) is 0 Å². The van der Waals surface area contributed by atoms with Gasteiger partial charge in [-0.1, -0.05) is 39.0 Å². The Kier molecular flexibility index (Phi) is 5.13. The smallest absolute Gasteiger partial charge is 0.0107 e. The van der Waals surface area contributed by atoms with Crippen molar-refractivity contribution < 1.29 is 0 Å². The minimum absolute atomic E-state index is 0.611. The lowest BCUT2D eigenvalue weighted by molar-refractivity contribution is 0.430. The number of nitrogens with one attached hydrogen (secondary N) is 1. The van der Waals surface area contributed by atoms with Crippen molar-refractivity contribution in [2.75, 3.05) is 12.3 Å². The highest BCUT2D eigenvalue weighted by Gasteiger charge is 2.23. The SMILES string of the molecule is CC(CCNC(C)C)CC1CSc2ccccc21. The van der Waals surface area contributed by atoms with Gasteiger partial charge in [0.25, 0.3) is 0 Å². The van der Waals surface area contributed by atoms with Gasteiger partial charge in [0.1, 0.15) is 0 Å². The highest BCUT2D eigenvalue weighted by Crippen LogP contribution is 2.42. The van der Waals surface area contributed by atoms with Crippen LogP contribution in [-0.2, 0) is 0 Å².